The number of aryl methyl sites for hydroxylation is 2. The largest absolute Gasteiger partial charge is 0.375 e. The van der Waals surface area contributed by atoms with E-state index in [1.54, 1.807) is 12.4 Å². The molecule has 0 aliphatic carbocycles. The van der Waals surface area contributed by atoms with Gasteiger partial charge >= 0.3 is 0 Å². The molecule has 138 valence electrons. The van der Waals surface area contributed by atoms with Gasteiger partial charge in [-0.3, -0.25) is 9.78 Å². The van der Waals surface area contributed by atoms with Gasteiger partial charge in [-0.15, -0.1) is 0 Å². The van der Waals surface area contributed by atoms with E-state index in [2.05, 4.69) is 25.3 Å². The summed E-state index contributed by atoms with van der Waals surface area (Å²) in [6, 6.07) is 1.92. The fraction of sp³-hybridized carbons (Fsp3) is 0.500. The number of ether oxygens (including phenoxy) is 1. The van der Waals surface area contributed by atoms with E-state index in [-0.39, 0.29) is 18.4 Å². The Morgan fingerprint density at radius 2 is 2.04 bits per heavy atom. The molecule has 1 atom stereocenters. The fourth-order valence-corrected chi connectivity index (χ4v) is 3.19. The summed E-state index contributed by atoms with van der Waals surface area (Å²) in [5.41, 5.74) is 2.65. The van der Waals surface area contributed by atoms with E-state index in [1.165, 1.54) is 7.11 Å². The minimum absolute atomic E-state index is 0.0167. The molecule has 3 rings (SSSR count). The monoisotopic (exact) mass is 356 g/mol. The molecule has 1 saturated heterocycles. The standard InChI is InChI=1S/C18H24N6O2/c1-12-7-13(2)21-18(20-12)23-16-9-19-8-15(22-16)14-5-4-6-24(10-14)17(25)11-26-3/h7-9,14H,4-6,10-11H2,1-3H3,(H,20,21,22,23)/t14-/m1/s1. The summed E-state index contributed by atoms with van der Waals surface area (Å²) in [5.74, 6) is 1.30. The molecule has 1 aliphatic heterocycles. The minimum Gasteiger partial charge on any atom is -0.375 e. The second-order valence-electron chi connectivity index (χ2n) is 6.54. The highest BCUT2D eigenvalue weighted by Crippen LogP contribution is 2.26. The van der Waals surface area contributed by atoms with Crippen LogP contribution in [-0.4, -0.2) is 57.5 Å². The van der Waals surface area contributed by atoms with E-state index in [4.69, 9.17) is 4.74 Å². The Bertz CT molecular complexity index is 762. The van der Waals surface area contributed by atoms with Gasteiger partial charge in [0, 0.05) is 43.7 Å². The highest BCUT2D eigenvalue weighted by molar-refractivity contribution is 5.77. The molecule has 0 unspecified atom stereocenters. The summed E-state index contributed by atoms with van der Waals surface area (Å²) in [6.45, 7) is 5.37. The molecule has 3 heterocycles. The molecule has 0 bridgehead atoms. The van der Waals surface area contributed by atoms with Crippen LogP contribution in [0.5, 0.6) is 0 Å². The molecule has 1 fully saturated rings. The van der Waals surface area contributed by atoms with Crippen molar-refractivity contribution in [2.45, 2.75) is 32.6 Å². The molecule has 1 N–H and O–H groups in total. The maximum absolute atomic E-state index is 12.1. The maximum Gasteiger partial charge on any atom is 0.248 e. The average Bonchev–Trinajstić information content (AvgIpc) is 2.61. The summed E-state index contributed by atoms with van der Waals surface area (Å²) >= 11 is 0. The van der Waals surface area contributed by atoms with Crippen molar-refractivity contribution < 1.29 is 9.53 Å². The third-order valence-corrected chi connectivity index (χ3v) is 4.34. The number of amides is 1. The number of piperidine rings is 1. The van der Waals surface area contributed by atoms with Crippen LogP contribution in [0.3, 0.4) is 0 Å². The van der Waals surface area contributed by atoms with Crippen molar-refractivity contribution in [3.05, 3.63) is 35.5 Å². The predicted octanol–water partition coefficient (Wildman–Crippen LogP) is 1.98. The van der Waals surface area contributed by atoms with Gasteiger partial charge in [0.15, 0.2) is 5.82 Å². The Kier molecular flexibility index (Phi) is 5.72. The number of hydrogen-bond donors (Lipinski definition) is 1. The third kappa shape index (κ3) is 4.51. The van der Waals surface area contributed by atoms with Gasteiger partial charge < -0.3 is 15.0 Å². The maximum atomic E-state index is 12.1. The van der Waals surface area contributed by atoms with Crippen molar-refractivity contribution >= 4 is 17.7 Å². The molecule has 8 heteroatoms. The van der Waals surface area contributed by atoms with E-state index in [9.17, 15) is 4.79 Å². The van der Waals surface area contributed by atoms with Gasteiger partial charge in [0.25, 0.3) is 0 Å². The first-order valence-corrected chi connectivity index (χ1v) is 8.73. The highest BCUT2D eigenvalue weighted by atomic mass is 16.5. The SMILES string of the molecule is COCC(=O)N1CCC[C@@H](c2cncc(Nc3nc(C)cc(C)n3)n2)C1. The zero-order chi connectivity index (χ0) is 18.5. The van der Waals surface area contributed by atoms with E-state index < -0.39 is 0 Å². The number of likely N-dealkylation sites (tertiary alicyclic amines) is 1. The van der Waals surface area contributed by atoms with Crippen LogP contribution in [-0.2, 0) is 9.53 Å². The third-order valence-electron chi connectivity index (χ3n) is 4.34. The fourth-order valence-electron chi connectivity index (χ4n) is 3.19. The Balaban J connectivity index is 1.73. The number of anilines is 2. The van der Waals surface area contributed by atoms with Crippen molar-refractivity contribution in [1.82, 2.24) is 24.8 Å². The molecule has 1 aliphatic rings. The first kappa shape index (κ1) is 18.2. The van der Waals surface area contributed by atoms with E-state index in [0.29, 0.717) is 18.3 Å². The lowest BCUT2D eigenvalue weighted by atomic mass is 9.95. The highest BCUT2D eigenvalue weighted by Gasteiger charge is 2.25. The molecular weight excluding hydrogens is 332 g/mol. The zero-order valence-electron chi connectivity index (χ0n) is 15.4. The van der Waals surface area contributed by atoms with Crippen LogP contribution in [0.2, 0.25) is 0 Å². The number of carbonyl (C=O) groups excluding carboxylic acids is 1. The van der Waals surface area contributed by atoms with Gasteiger partial charge in [-0.2, -0.15) is 0 Å². The van der Waals surface area contributed by atoms with Gasteiger partial charge in [0.2, 0.25) is 11.9 Å². The second kappa shape index (κ2) is 8.18. The van der Waals surface area contributed by atoms with Crippen molar-refractivity contribution in [2.24, 2.45) is 0 Å². The smallest absolute Gasteiger partial charge is 0.248 e. The topological polar surface area (TPSA) is 93.1 Å². The molecule has 1 amide bonds. The molecule has 0 aromatic carbocycles. The van der Waals surface area contributed by atoms with Crippen molar-refractivity contribution in [3.63, 3.8) is 0 Å². The lowest BCUT2D eigenvalue weighted by molar-refractivity contribution is -0.136. The minimum atomic E-state index is 0.0167. The van der Waals surface area contributed by atoms with Gasteiger partial charge in [0.05, 0.1) is 11.9 Å². The van der Waals surface area contributed by atoms with Crippen LogP contribution in [0.15, 0.2) is 18.5 Å². The number of aromatic nitrogens is 4. The lowest BCUT2D eigenvalue weighted by Crippen LogP contribution is -2.41. The molecular formula is C18H24N6O2. The Labute approximate surface area is 153 Å². The molecule has 0 radical (unpaired) electrons. The van der Waals surface area contributed by atoms with E-state index >= 15 is 0 Å². The van der Waals surface area contributed by atoms with Crippen LogP contribution in [0.4, 0.5) is 11.8 Å². The van der Waals surface area contributed by atoms with Crippen LogP contribution in [0.25, 0.3) is 0 Å². The number of hydrogen-bond acceptors (Lipinski definition) is 7. The molecule has 0 spiro atoms. The zero-order valence-corrected chi connectivity index (χ0v) is 15.4. The molecule has 26 heavy (non-hydrogen) atoms. The second-order valence-corrected chi connectivity index (χ2v) is 6.54. The van der Waals surface area contributed by atoms with Crippen LogP contribution >= 0.6 is 0 Å². The summed E-state index contributed by atoms with van der Waals surface area (Å²) in [6.07, 6.45) is 5.35. The molecule has 0 saturated carbocycles. The van der Waals surface area contributed by atoms with Crippen LogP contribution < -0.4 is 5.32 Å². The summed E-state index contributed by atoms with van der Waals surface area (Å²) in [5, 5.41) is 3.12. The van der Waals surface area contributed by atoms with Crippen LogP contribution in [0, 0.1) is 13.8 Å². The number of rotatable bonds is 5. The van der Waals surface area contributed by atoms with Gasteiger partial charge in [-0.1, -0.05) is 0 Å². The van der Waals surface area contributed by atoms with Gasteiger partial charge in [-0.25, -0.2) is 15.0 Å². The predicted molar refractivity (Wildman–Crippen MR) is 97.3 cm³/mol. The quantitative estimate of drug-likeness (QED) is 0.875. The van der Waals surface area contributed by atoms with Crippen molar-refractivity contribution in [1.29, 1.82) is 0 Å². The lowest BCUT2D eigenvalue weighted by Gasteiger charge is -2.32. The Hall–Kier alpha value is -2.61. The number of nitrogens with one attached hydrogen (secondary N) is 1. The Morgan fingerprint density at radius 1 is 1.27 bits per heavy atom. The van der Waals surface area contributed by atoms with E-state index in [1.807, 2.05) is 24.8 Å². The van der Waals surface area contributed by atoms with Gasteiger partial charge in [0.1, 0.15) is 6.61 Å². The molecule has 2 aromatic rings. The number of nitrogens with zero attached hydrogens (tertiary/aromatic N) is 5. The normalized spacial score (nSPS) is 17.2. The summed E-state index contributed by atoms with van der Waals surface area (Å²) < 4.78 is 4.96. The van der Waals surface area contributed by atoms with Crippen molar-refractivity contribution in [2.75, 3.05) is 32.1 Å². The first-order valence-electron chi connectivity index (χ1n) is 8.73. The Morgan fingerprint density at radius 3 is 2.77 bits per heavy atom. The first-order chi connectivity index (χ1) is 12.5. The van der Waals surface area contributed by atoms with Gasteiger partial charge in [-0.05, 0) is 32.8 Å². The molecule has 2 aromatic heterocycles. The van der Waals surface area contributed by atoms with Crippen LogP contribution in [0.1, 0.15) is 35.8 Å². The molecule has 8 nitrogen and oxygen atoms in total. The number of carbonyl (C=O) groups is 1. The summed E-state index contributed by atoms with van der Waals surface area (Å²) in [7, 11) is 1.54. The van der Waals surface area contributed by atoms with Crippen molar-refractivity contribution in [3.8, 4) is 0 Å². The average molecular weight is 356 g/mol. The number of methoxy groups -OCH3 is 1. The summed E-state index contributed by atoms with van der Waals surface area (Å²) in [4.78, 5) is 31.6. The van der Waals surface area contributed by atoms with E-state index in [0.717, 1.165) is 36.5 Å².